The first-order valence-electron chi connectivity index (χ1n) is 32.1. The molecule has 456 valence electrons. The van der Waals surface area contributed by atoms with Crippen molar-refractivity contribution in [2.45, 2.75) is 59.3 Å². The van der Waals surface area contributed by atoms with Gasteiger partial charge in [0.25, 0.3) is 0 Å². The van der Waals surface area contributed by atoms with Crippen LogP contribution in [0.2, 0.25) is 0 Å². The van der Waals surface area contributed by atoms with Crippen LogP contribution in [0.4, 0.5) is 0 Å². The van der Waals surface area contributed by atoms with Crippen LogP contribution in [0.15, 0.2) is 315 Å². The fraction of sp³-hybridized carbons (Fsp3) is 0.102. The average Bonchev–Trinajstić information content (AvgIpc) is 1.53. The number of hydrogen-bond donors (Lipinski definition) is 0. The second-order valence-electron chi connectivity index (χ2n) is 24.5. The van der Waals surface area contributed by atoms with Crippen molar-refractivity contribution >= 4 is 31.5 Å². The SMILES string of the molecule is Cc1ccc2c(c1)C(C)(C)c1ccccc1-2.Cc1ccc2c(c1)C(c1ccccc1)(c1ccccc1)c1ccccc1-2.Cc1cccc2sc3ccccc3c12.Cc1nc(-c2ccccc2)cc(-c2ccccc2)n1.Cc1nc(-c2ccccc2)nc(-c2ccccc2)n1. The van der Waals surface area contributed by atoms with Crippen LogP contribution < -0.4 is 0 Å². The Kier molecular flexibility index (Phi) is 18.0. The maximum absolute atomic E-state index is 4.55. The standard InChI is InChI=1S/C26H20.C17H14N2.C16H13N3.C16H16.C13H10S/c1-19-16-17-23-22-14-8-9-15-24(22)26(25(23)18-19,20-10-4-2-5-11-20)21-12-6-3-7-13-21;1-13-18-16(14-8-4-2-5-9-14)12-17(19-13)15-10-6-3-7-11-15;1-12-17-15(13-8-4-2-5-9-13)19-16(18-12)14-10-6-3-7-11-14;1-11-8-9-13-12-6-4-5-7-14(12)16(2,3)15(13)10-11;1-9-5-4-8-12-13(9)10-6-2-3-7-11(10)14-12/h2-18H,1H3;2-12H,1H3;2-11H,1H3;4-10H,1-3H3;2-8H,1H3. The highest BCUT2D eigenvalue weighted by Gasteiger charge is 2.46. The molecule has 2 aliphatic rings. The molecule has 3 aromatic heterocycles. The third-order valence-corrected chi connectivity index (χ3v) is 18.9. The third-order valence-electron chi connectivity index (χ3n) is 17.8. The second kappa shape index (κ2) is 27.4. The number of aromatic nitrogens is 5. The molecular formula is C88H73N5S. The first-order chi connectivity index (χ1) is 45.9. The van der Waals surface area contributed by atoms with Gasteiger partial charge in [0.05, 0.1) is 16.8 Å². The molecule has 6 heteroatoms. The quantitative estimate of drug-likeness (QED) is 0.166. The minimum atomic E-state index is -0.263. The van der Waals surface area contributed by atoms with Crippen molar-refractivity contribution in [3.63, 3.8) is 0 Å². The van der Waals surface area contributed by atoms with Crippen molar-refractivity contribution in [1.82, 2.24) is 24.9 Å². The minimum Gasteiger partial charge on any atom is -0.233 e. The van der Waals surface area contributed by atoms with E-state index in [2.05, 4.69) is 272 Å². The average molecular weight is 1230 g/mol. The fourth-order valence-corrected chi connectivity index (χ4v) is 14.5. The van der Waals surface area contributed by atoms with Gasteiger partial charge in [-0.15, -0.1) is 11.3 Å². The monoisotopic (exact) mass is 1230 g/mol. The van der Waals surface area contributed by atoms with E-state index in [-0.39, 0.29) is 10.8 Å². The summed E-state index contributed by atoms with van der Waals surface area (Å²) in [7, 11) is 0. The molecule has 0 aliphatic heterocycles. The Bertz CT molecular complexity index is 4810. The van der Waals surface area contributed by atoms with E-state index in [1.807, 2.05) is 128 Å². The van der Waals surface area contributed by atoms with E-state index in [4.69, 9.17) is 0 Å². The molecule has 12 aromatic carbocycles. The van der Waals surface area contributed by atoms with Crippen molar-refractivity contribution in [2.24, 2.45) is 0 Å². The molecule has 3 heterocycles. The van der Waals surface area contributed by atoms with Gasteiger partial charge in [-0.2, -0.15) is 0 Å². The lowest BCUT2D eigenvalue weighted by Gasteiger charge is -2.34. The van der Waals surface area contributed by atoms with Crippen LogP contribution in [0, 0.1) is 34.6 Å². The molecule has 0 atom stereocenters. The zero-order valence-electron chi connectivity index (χ0n) is 54.2. The van der Waals surface area contributed by atoms with E-state index in [1.54, 1.807) is 0 Å². The van der Waals surface area contributed by atoms with E-state index >= 15 is 0 Å². The number of fused-ring (bicyclic) bond motifs is 9. The molecule has 0 spiro atoms. The summed E-state index contributed by atoms with van der Waals surface area (Å²) in [4.78, 5) is 22.4. The van der Waals surface area contributed by atoms with Crippen LogP contribution in [0.1, 0.15) is 75.6 Å². The summed E-state index contributed by atoms with van der Waals surface area (Å²) in [6.07, 6.45) is 0. The summed E-state index contributed by atoms with van der Waals surface area (Å²) in [5, 5.41) is 2.82. The maximum atomic E-state index is 4.55. The molecule has 5 nitrogen and oxygen atoms in total. The first kappa shape index (κ1) is 61.8. The summed E-state index contributed by atoms with van der Waals surface area (Å²) >= 11 is 1.88. The van der Waals surface area contributed by atoms with Gasteiger partial charge in [-0.25, -0.2) is 24.9 Å². The Morgan fingerprint density at radius 2 is 0.681 bits per heavy atom. The Balaban J connectivity index is 0.000000108. The van der Waals surface area contributed by atoms with Crippen LogP contribution in [-0.2, 0) is 10.8 Å². The summed E-state index contributed by atoms with van der Waals surface area (Å²) in [5.74, 6) is 2.95. The molecule has 15 aromatic rings. The highest BCUT2D eigenvalue weighted by Crippen LogP contribution is 2.56. The zero-order valence-corrected chi connectivity index (χ0v) is 55.0. The number of rotatable bonds is 6. The molecule has 0 N–H and O–H groups in total. The Morgan fingerprint density at radius 3 is 1.21 bits per heavy atom. The van der Waals surface area contributed by atoms with Gasteiger partial charge in [0.15, 0.2) is 11.6 Å². The molecule has 17 rings (SSSR count). The third kappa shape index (κ3) is 12.7. The van der Waals surface area contributed by atoms with Gasteiger partial charge in [0, 0.05) is 47.8 Å². The first-order valence-corrected chi connectivity index (χ1v) is 33.0. The molecule has 0 fully saturated rings. The smallest absolute Gasteiger partial charge is 0.163 e. The van der Waals surface area contributed by atoms with Gasteiger partial charge in [-0.1, -0.05) is 322 Å². The Labute approximate surface area is 557 Å². The van der Waals surface area contributed by atoms with Gasteiger partial charge in [-0.05, 0) is 114 Å². The summed E-state index contributed by atoms with van der Waals surface area (Å²) in [5.41, 5.74) is 23.9. The van der Waals surface area contributed by atoms with E-state index in [9.17, 15) is 0 Å². The van der Waals surface area contributed by atoms with Crippen LogP contribution in [0.5, 0.6) is 0 Å². The van der Waals surface area contributed by atoms with Crippen LogP contribution in [-0.4, -0.2) is 24.9 Å². The van der Waals surface area contributed by atoms with Crippen LogP contribution in [0.3, 0.4) is 0 Å². The van der Waals surface area contributed by atoms with E-state index in [1.165, 1.54) is 92.5 Å². The number of aryl methyl sites for hydroxylation is 5. The maximum Gasteiger partial charge on any atom is 0.163 e. The second-order valence-corrected chi connectivity index (χ2v) is 25.6. The topological polar surface area (TPSA) is 64.5 Å². The number of benzene rings is 12. The van der Waals surface area contributed by atoms with Gasteiger partial charge in [0.2, 0.25) is 0 Å². The predicted molar refractivity (Wildman–Crippen MR) is 394 cm³/mol. The molecule has 2 aliphatic carbocycles. The molecule has 0 radical (unpaired) electrons. The molecule has 0 unspecified atom stereocenters. The lowest BCUT2D eigenvalue weighted by atomic mass is 9.67. The van der Waals surface area contributed by atoms with Gasteiger partial charge in [-0.3, -0.25) is 0 Å². The summed E-state index contributed by atoms with van der Waals surface area (Å²) in [6.45, 7) is 15.0. The molecule has 0 saturated heterocycles. The van der Waals surface area contributed by atoms with Crippen molar-refractivity contribution in [3.05, 3.63) is 377 Å². The molecule has 0 saturated carbocycles. The van der Waals surface area contributed by atoms with Crippen LogP contribution in [0.25, 0.3) is 87.7 Å². The Morgan fingerprint density at radius 1 is 0.287 bits per heavy atom. The van der Waals surface area contributed by atoms with Gasteiger partial charge < -0.3 is 0 Å². The van der Waals surface area contributed by atoms with Crippen LogP contribution >= 0.6 is 11.3 Å². The van der Waals surface area contributed by atoms with Crippen molar-refractivity contribution < 1.29 is 0 Å². The highest BCUT2D eigenvalue weighted by molar-refractivity contribution is 7.25. The molecular weight excluding hydrogens is 1160 g/mol. The van der Waals surface area contributed by atoms with Crippen molar-refractivity contribution in [2.75, 3.05) is 0 Å². The summed E-state index contributed by atoms with van der Waals surface area (Å²) in [6, 6.07) is 111. The number of hydrogen-bond acceptors (Lipinski definition) is 6. The van der Waals surface area contributed by atoms with Crippen molar-refractivity contribution in [1.29, 1.82) is 0 Å². The normalized spacial score (nSPS) is 12.4. The molecule has 0 amide bonds. The lowest BCUT2D eigenvalue weighted by molar-refractivity contribution is 0.660. The fourth-order valence-electron chi connectivity index (χ4n) is 13.3. The Hall–Kier alpha value is -11.1. The van der Waals surface area contributed by atoms with Gasteiger partial charge in [0.1, 0.15) is 11.6 Å². The van der Waals surface area contributed by atoms with E-state index in [0.29, 0.717) is 11.6 Å². The highest BCUT2D eigenvalue weighted by atomic mass is 32.1. The number of thiophene rings is 1. The predicted octanol–water partition coefficient (Wildman–Crippen LogP) is 22.7. The summed E-state index contributed by atoms with van der Waals surface area (Å²) < 4.78 is 2.78. The van der Waals surface area contributed by atoms with E-state index < -0.39 is 0 Å². The minimum absolute atomic E-state index is 0.151. The number of nitrogens with zero attached hydrogens (tertiary/aromatic N) is 5. The molecule has 0 bridgehead atoms. The zero-order chi connectivity index (χ0) is 64.6. The van der Waals surface area contributed by atoms with Gasteiger partial charge >= 0.3 is 0 Å². The largest absolute Gasteiger partial charge is 0.233 e. The molecule has 94 heavy (non-hydrogen) atoms. The van der Waals surface area contributed by atoms with E-state index in [0.717, 1.165) is 45.3 Å². The lowest BCUT2D eigenvalue weighted by Crippen LogP contribution is -2.28. The van der Waals surface area contributed by atoms with Crippen molar-refractivity contribution in [3.8, 4) is 67.5 Å².